The van der Waals surface area contributed by atoms with Crippen molar-refractivity contribution < 1.29 is 14.3 Å². The summed E-state index contributed by atoms with van der Waals surface area (Å²) >= 11 is 5.82. The maximum Gasteiger partial charge on any atom is 0.515 e. The molecule has 0 aliphatic rings. The predicted octanol–water partition coefficient (Wildman–Crippen LogP) is 4.34. The summed E-state index contributed by atoms with van der Waals surface area (Å²) in [5, 5.41) is 0.495. The van der Waals surface area contributed by atoms with Crippen molar-refractivity contribution in [3.63, 3.8) is 0 Å². The Labute approximate surface area is 128 Å². The maximum atomic E-state index is 11.8. The highest BCUT2D eigenvalue weighted by molar-refractivity contribution is 6.30. The van der Waals surface area contributed by atoms with Crippen molar-refractivity contribution in [2.75, 3.05) is 11.9 Å². The molecule has 110 valence electrons. The van der Waals surface area contributed by atoms with Crippen LogP contribution in [0.3, 0.4) is 0 Å². The number of ether oxygens (including phenoxy) is 2. The standard InChI is InChI=1S/C16H16ClNO3/c1-12(18(2)14-8-4-3-5-9-14)20-16(19)21-15-10-6-7-13(17)11-15/h3-12H,1-2H3. The molecule has 0 N–H and O–H groups in total. The number of halogens is 1. The van der Waals surface area contributed by atoms with Crippen LogP contribution in [0.4, 0.5) is 10.5 Å². The second-order valence-corrected chi connectivity index (χ2v) is 4.91. The average Bonchev–Trinajstić information content (AvgIpc) is 2.47. The highest BCUT2D eigenvalue weighted by Crippen LogP contribution is 2.19. The Hall–Kier alpha value is -2.20. The number of rotatable bonds is 4. The molecule has 0 saturated heterocycles. The van der Waals surface area contributed by atoms with Crippen molar-refractivity contribution in [1.29, 1.82) is 0 Å². The minimum absolute atomic E-state index is 0.349. The van der Waals surface area contributed by atoms with Gasteiger partial charge in [0.1, 0.15) is 5.75 Å². The lowest BCUT2D eigenvalue weighted by molar-refractivity contribution is 0.0661. The highest BCUT2D eigenvalue weighted by atomic mass is 35.5. The van der Waals surface area contributed by atoms with E-state index in [0.29, 0.717) is 10.8 Å². The van der Waals surface area contributed by atoms with Gasteiger partial charge in [-0.25, -0.2) is 4.79 Å². The van der Waals surface area contributed by atoms with Crippen LogP contribution in [-0.4, -0.2) is 19.4 Å². The van der Waals surface area contributed by atoms with Crippen molar-refractivity contribution in [1.82, 2.24) is 0 Å². The molecular formula is C16H16ClNO3. The molecule has 1 unspecified atom stereocenters. The normalized spacial score (nSPS) is 11.6. The van der Waals surface area contributed by atoms with E-state index in [1.807, 2.05) is 42.3 Å². The molecule has 2 aromatic carbocycles. The van der Waals surface area contributed by atoms with Crippen molar-refractivity contribution in [2.45, 2.75) is 13.2 Å². The van der Waals surface area contributed by atoms with Gasteiger partial charge in [0.25, 0.3) is 0 Å². The Balaban J connectivity index is 1.93. The van der Waals surface area contributed by atoms with E-state index >= 15 is 0 Å². The lowest BCUT2D eigenvalue weighted by Crippen LogP contribution is -2.34. The van der Waals surface area contributed by atoms with Crippen LogP contribution in [0.1, 0.15) is 6.92 Å². The molecule has 21 heavy (non-hydrogen) atoms. The van der Waals surface area contributed by atoms with Crippen molar-refractivity contribution >= 4 is 23.4 Å². The van der Waals surface area contributed by atoms with Gasteiger partial charge in [-0.1, -0.05) is 35.9 Å². The molecule has 0 radical (unpaired) electrons. The van der Waals surface area contributed by atoms with E-state index in [2.05, 4.69) is 0 Å². The molecule has 0 aliphatic heterocycles. The minimum Gasteiger partial charge on any atom is -0.410 e. The summed E-state index contributed by atoms with van der Waals surface area (Å²) in [6.07, 6.45) is -1.23. The lowest BCUT2D eigenvalue weighted by atomic mass is 10.3. The zero-order valence-electron chi connectivity index (χ0n) is 11.8. The molecule has 0 amide bonds. The molecule has 0 bridgehead atoms. The molecule has 2 rings (SSSR count). The van der Waals surface area contributed by atoms with E-state index in [0.717, 1.165) is 5.69 Å². The Morgan fingerprint density at radius 2 is 1.86 bits per heavy atom. The summed E-state index contributed by atoms with van der Waals surface area (Å²) in [5.74, 6) is 0.349. The van der Waals surface area contributed by atoms with Gasteiger partial charge >= 0.3 is 6.16 Å². The molecule has 5 heteroatoms. The summed E-state index contributed by atoms with van der Waals surface area (Å²) < 4.78 is 10.3. The van der Waals surface area contributed by atoms with Crippen LogP contribution in [0.5, 0.6) is 5.75 Å². The third-order valence-electron chi connectivity index (χ3n) is 2.97. The number of carbonyl (C=O) groups is 1. The predicted molar refractivity (Wildman–Crippen MR) is 82.9 cm³/mol. The SMILES string of the molecule is CC(OC(=O)Oc1cccc(Cl)c1)N(C)c1ccccc1. The van der Waals surface area contributed by atoms with E-state index < -0.39 is 12.4 Å². The Kier molecular flexibility index (Phi) is 5.06. The molecule has 0 heterocycles. The van der Waals surface area contributed by atoms with Gasteiger partial charge in [0.05, 0.1) is 0 Å². The van der Waals surface area contributed by atoms with Gasteiger partial charge in [0.15, 0.2) is 6.23 Å². The summed E-state index contributed by atoms with van der Waals surface area (Å²) in [6, 6.07) is 16.2. The number of carbonyl (C=O) groups excluding carboxylic acids is 1. The van der Waals surface area contributed by atoms with Gasteiger partial charge in [-0.15, -0.1) is 0 Å². The molecule has 0 aliphatic carbocycles. The van der Waals surface area contributed by atoms with E-state index in [-0.39, 0.29) is 0 Å². The van der Waals surface area contributed by atoms with Gasteiger partial charge in [-0.2, -0.15) is 0 Å². The Morgan fingerprint density at radius 3 is 2.52 bits per heavy atom. The third-order valence-corrected chi connectivity index (χ3v) is 3.21. The number of para-hydroxylation sites is 1. The molecule has 1 atom stereocenters. The van der Waals surface area contributed by atoms with Gasteiger partial charge in [0.2, 0.25) is 0 Å². The van der Waals surface area contributed by atoms with Crippen molar-refractivity contribution in [2.24, 2.45) is 0 Å². The lowest BCUT2D eigenvalue weighted by Gasteiger charge is -2.26. The summed E-state index contributed by atoms with van der Waals surface area (Å²) in [5.41, 5.74) is 0.945. The van der Waals surface area contributed by atoms with Crippen LogP contribution in [0.25, 0.3) is 0 Å². The van der Waals surface area contributed by atoms with E-state index in [1.165, 1.54) is 0 Å². The number of anilines is 1. The first-order valence-electron chi connectivity index (χ1n) is 6.48. The fourth-order valence-electron chi connectivity index (χ4n) is 1.74. The molecule has 0 saturated carbocycles. The first-order chi connectivity index (χ1) is 10.1. The number of hydrogen-bond donors (Lipinski definition) is 0. The summed E-state index contributed by atoms with van der Waals surface area (Å²) in [7, 11) is 1.84. The Morgan fingerprint density at radius 1 is 1.14 bits per heavy atom. The fraction of sp³-hybridized carbons (Fsp3) is 0.188. The molecule has 4 nitrogen and oxygen atoms in total. The highest BCUT2D eigenvalue weighted by Gasteiger charge is 2.16. The third kappa shape index (κ3) is 4.39. The van der Waals surface area contributed by atoms with E-state index in [9.17, 15) is 4.79 Å². The van der Waals surface area contributed by atoms with Crippen molar-refractivity contribution in [3.8, 4) is 5.75 Å². The van der Waals surface area contributed by atoms with Gasteiger partial charge in [0, 0.05) is 17.8 Å². The quantitative estimate of drug-likeness (QED) is 0.478. The van der Waals surface area contributed by atoms with Crippen LogP contribution in [0, 0.1) is 0 Å². The zero-order chi connectivity index (χ0) is 15.2. The fourth-order valence-corrected chi connectivity index (χ4v) is 1.92. The van der Waals surface area contributed by atoms with Crippen LogP contribution in [0.15, 0.2) is 54.6 Å². The molecule has 0 fully saturated rings. The Bertz CT molecular complexity index is 603. The van der Waals surface area contributed by atoms with Crippen molar-refractivity contribution in [3.05, 3.63) is 59.6 Å². The second-order valence-electron chi connectivity index (χ2n) is 4.47. The van der Waals surface area contributed by atoms with Crippen LogP contribution < -0.4 is 9.64 Å². The number of hydrogen-bond acceptors (Lipinski definition) is 4. The van der Waals surface area contributed by atoms with E-state index in [1.54, 1.807) is 31.2 Å². The van der Waals surface area contributed by atoms with E-state index in [4.69, 9.17) is 21.1 Å². The first kappa shape index (κ1) is 15.2. The van der Waals surface area contributed by atoms with Gasteiger partial charge in [-0.3, -0.25) is 0 Å². The molecule has 2 aromatic rings. The average molecular weight is 306 g/mol. The summed E-state index contributed by atoms with van der Waals surface area (Å²) in [6.45, 7) is 1.77. The molecule has 0 aromatic heterocycles. The smallest absolute Gasteiger partial charge is 0.410 e. The van der Waals surface area contributed by atoms with Gasteiger partial charge in [-0.05, 0) is 37.3 Å². The maximum absolute atomic E-state index is 11.8. The molecular weight excluding hydrogens is 290 g/mol. The zero-order valence-corrected chi connectivity index (χ0v) is 12.6. The van der Waals surface area contributed by atoms with Crippen LogP contribution in [0.2, 0.25) is 5.02 Å². The second kappa shape index (κ2) is 6.99. The largest absolute Gasteiger partial charge is 0.515 e. The van der Waals surface area contributed by atoms with Gasteiger partial charge < -0.3 is 14.4 Å². The number of benzene rings is 2. The van der Waals surface area contributed by atoms with Crippen LogP contribution >= 0.6 is 11.6 Å². The summed E-state index contributed by atoms with van der Waals surface area (Å²) in [4.78, 5) is 13.6. The topological polar surface area (TPSA) is 38.8 Å². The number of nitrogens with zero attached hydrogens (tertiary/aromatic N) is 1. The monoisotopic (exact) mass is 305 g/mol. The van der Waals surface area contributed by atoms with Crippen LogP contribution in [-0.2, 0) is 4.74 Å². The molecule has 0 spiro atoms. The minimum atomic E-state index is -0.771. The first-order valence-corrected chi connectivity index (χ1v) is 6.86.